The van der Waals surface area contributed by atoms with E-state index in [2.05, 4.69) is 6.92 Å². The number of nitrogens with zero attached hydrogens (tertiary/aromatic N) is 1. The van der Waals surface area contributed by atoms with E-state index >= 15 is 0 Å². The Morgan fingerprint density at radius 2 is 1.95 bits per heavy atom. The zero-order valence-corrected chi connectivity index (χ0v) is 13.1. The van der Waals surface area contributed by atoms with E-state index in [-0.39, 0.29) is 10.8 Å². The van der Waals surface area contributed by atoms with Crippen molar-refractivity contribution in [1.29, 1.82) is 0 Å². The number of hydrogen-bond acceptors (Lipinski definition) is 2. The van der Waals surface area contributed by atoms with E-state index in [0.717, 1.165) is 37.8 Å². The molecule has 0 N–H and O–H groups in total. The van der Waals surface area contributed by atoms with Crippen LogP contribution in [0.4, 0.5) is 18.9 Å². The highest BCUT2D eigenvalue weighted by Crippen LogP contribution is 2.50. The Morgan fingerprint density at radius 1 is 1.27 bits per heavy atom. The van der Waals surface area contributed by atoms with Gasteiger partial charge in [0.2, 0.25) is 5.91 Å². The van der Waals surface area contributed by atoms with Gasteiger partial charge >= 0.3 is 6.18 Å². The van der Waals surface area contributed by atoms with Crippen LogP contribution in [0.3, 0.4) is 0 Å². The van der Waals surface area contributed by atoms with Crippen LogP contribution in [0.5, 0.6) is 0 Å². The zero-order chi connectivity index (χ0) is 16.0. The minimum atomic E-state index is -4.39. The third kappa shape index (κ3) is 2.73. The van der Waals surface area contributed by atoms with Crippen LogP contribution in [0.15, 0.2) is 24.3 Å². The lowest BCUT2D eigenvalue weighted by atomic mass is 9.85. The number of halogens is 3. The maximum absolute atomic E-state index is 12.9. The third-order valence-corrected chi connectivity index (χ3v) is 6.13. The first-order chi connectivity index (χ1) is 10.3. The summed E-state index contributed by atoms with van der Waals surface area (Å²) in [6, 6.07) is 5.14. The predicted octanol–water partition coefficient (Wildman–Crippen LogP) is 4.69. The first-order valence-corrected chi connectivity index (χ1v) is 8.45. The second-order valence-corrected chi connectivity index (χ2v) is 7.53. The highest BCUT2D eigenvalue weighted by molar-refractivity contribution is 8.02. The summed E-state index contributed by atoms with van der Waals surface area (Å²) in [4.78, 5) is 13.6. The molecule has 0 atom stereocenters. The number of amides is 1. The second-order valence-electron chi connectivity index (χ2n) is 6.19. The van der Waals surface area contributed by atoms with Crippen molar-refractivity contribution in [2.24, 2.45) is 5.92 Å². The molecule has 0 unspecified atom stereocenters. The SMILES string of the molecule is CC1CCC2(CC1)SCC(=O)N2c1cccc(C(F)(F)F)c1. The van der Waals surface area contributed by atoms with Crippen LogP contribution >= 0.6 is 11.8 Å². The Balaban J connectivity index is 1.96. The lowest BCUT2D eigenvalue weighted by molar-refractivity contribution is -0.137. The van der Waals surface area contributed by atoms with Gasteiger partial charge in [0.05, 0.1) is 16.2 Å². The van der Waals surface area contributed by atoms with Gasteiger partial charge in [0.1, 0.15) is 0 Å². The smallest absolute Gasteiger partial charge is 0.297 e. The van der Waals surface area contributed by atoms with E-state index in [4.69, 9.17) is 0 Å². The summed E-state index contributed by atoms with van der Waals surface area (Å²) in [6.45, 7) is 2.18. The van der Waals surface area contributed by atoms with Crippen molar-refractivity contribution < 1.29 is 18.0 Å². The van der Waals surface area contributed by atoms with Gasteiger partial charge in [-0.05, 0) is 49.8 Å². The molecular weight excluding hydrogens is 311 g/mol. The molecule has 1 spiro atoms. The van der Waals surface area contributed by atoms with Gasteiger partial charge in [0.25, 0.3) is 0 Å². The number of anilines is 1. The highest BCUT2D eigenvalue weighted by atomic mass is 32.2. The molecule has 1 aliphatic carbocycles. The van der Waals surface area contributed by atoms with E-state index in [1.54, 1.807) is 22.7 Å². The van der Waals surface area contributed by atoms with Gasteiger partial charge in [-0.15, -0.1) is 11.8 Å². The van der Waals surface area contributed by atoms with E-state index in [1.165, 1.54) is 6.07 Å². The molecular formula is C16H18F3NOS. The van der Waals surface area contributed by atoms with Crippen molar-refractivity contribution in [3.8, 4) is 0 Å². The van der Waals surface area contributed by atoms with E-state index in [0.29, 0.717) is 17.4 Å². The van der Waals surface area contributed by atoms with Gasteiger partial charge in [0.15, 0.2) is 0 Å². The molecule has 120 valence electrons. The molecule has 0 radical (unpaired) electrons. The van der Waals surface area contributed by atoms with Gasteiger partial charge in [-0.25, -0.2) is 0 Å². The van der Waals surface area contributed by atoms with Gasteiger partial charge < -0.3 is 0 Å². The fourth-order valence-corrected chi connectivity index (χ4v) is 4.72. The molecule has 22 heavy (non-hydrogen) atoms. The van der Waals surface area contributed by atoms with Crippen LogP contribution in [0.25, 0.3) is 0 Å². The van der Waals surface area contributed by atoms with Crippen molar-refractivity contribution >= 4 is 23.4 Å². The molecule has 3 rings (SSSR count). The van der Waals surface area contributed by atoms with Gasteiger partial charge in [0, 0.05) is 5.69 Å². The van der Waals surface area contributed by atoms with Crippen molar-refractivity contribution in [3.63, 3.8) is 0 Å². The van der Waals surface area contributed by atoms with E-state index in [9.17, 15) is 18.0 Å². The molecule has 1 aromatic carbocycles. The monoisotopic (exact) mass is 329 g/mol. The maximum Gasteiger partial charge on any atom is 0.416 e. The third-order valence-electron chi connectivity index (χ3n) is 4.61. The molecule has 1 saturated heterocycles. The minimum Gasteiger partial charge on any atom is -0.297 e. The van der Waals surface area contributed by atoms with Crippen molar-refractivity contribution in [1.82, 2.24) is 0 Å². The van der Waals surface area contributed by atoms with Crippen LogP contribution in [0.1, 0.15) is 38.2 Å². The quantitative estimate of drug-likeness (QED) is 0.745. The normalized spacial score (nSPS) is 29.4. The van der Waals surface area contributed by atoms with E-state index < -0.39 is 11.7 Å². The Hall–Kier alpha value is -1.17. The average Bonchev–Trinajstić information content (AvgIpc) is 2.79. The molecule has 1 amide bonds. The number of rotatable bonds is 1. The van der Waals surface area contributed by atoms with Crippen LogP contribution in [-0.2, 0) is 11.0 Å². The predicted molar refractivity (Wildman–Crippen MR) is 81.8 cm³/mol. The van der Waals surface area contributed by atoms with Crippen molar-refractivity contribution in [2.45, 2.75) is 43.7 Å². The van der Waals surface area contributed by atoms with E-state index in [1.807, 2.05) is 0 Å². The first-order valence-electron chi connectivity index (χ1n) is 7.46. The van der Waals surface area contributed by atoms with Gasteiger partial charge in [-0.2, -0.15) is 13.2 Å². The lowest BCUT2D eigenvalue weighted by Gasteiger charge is -2.42. The molecule has 0 bridgehead atoms. The standard InChI is InChI=1S/C16H18F3NOS/c1-11-5-7-15(8-6-11)20(14(21)10-22-15)13-4-2-3-12(9-13)16(17,18)19/h2-4,9,11H,5-8,10H2,1H3. The maximum atomic E-state index is 12.9. The number of carbonyl (C=O) groups excluding carboxylic acids is 1. The Labute approximate surface area is 132 Å². The number of thioether (sulfide) groups is 1. The Morgan fingerprint density at radius 3 is 2.59 bits per heavy atom. The Kier molecular flexibility index (Phi) is 3.91. The Bertz CT molecular complexity index is 579. The fraction of sp³-hybridized carbons (Fsp3) is 0.562. The average molecular weight is 329 g/mol. The molecule has 1 aliphatic heterocycles. The zero-order valence-electron chi connectivity index (χ0n) is 12.3. The topological polar surface area (TPSA) is 20.3 Å². The summed E-state index contributed by atoms with van der Waals surface area (Å²) in [7, 11) is 0. The fourth-order valence-electron chi connectivity index (χ4n) is 3.33. The van der Waals surface area contributed by atoms with Crippen LogP contribution in [-0.4, -0.2) is 16.5 Å². The molecule has 1 heterocycles. The molecule has 6 heteroatoms. The first kappa shape index (κ1) is 15.7. The lowest BCUT2D eigenvalue weighted by Crippen LogP contribution is -2.46. The van der Waals surface area contributed by atoms with Crippen LogP contribution in [0.2, 0.25) is 0 Å². The summed E-state index contributed by atoms with van der Waals surface area (Å²) >= 11 is 1.59. The number of hydrogen-bond donors (Lipinski definition) is 0. The minimum absolute atomic E-state index is 0.0844. The molecule has 2 nitrogen and oxygen atoms in total. The molecule has 1 aromatic rings. The van der Waals surface area contributed by atoms with Gasteiger partial charge in [-0.1, -0.05) is 13.0 Å². The largest absolute Gasteiger partial charge is 0.416 e. The van der Waals surface area contributed by atoms with Crippen LogP contribution < -0.4 is 4.90 Å². The summed E-state index contributed by atoms with van der Waals surface area (Å²) in [5.41, 5.74) is -0.326. The molecule has 1 saturated carbocycles. The second kappa shape index (κ2) is 5.48. The number of alkyl halides is 3. The molecule has 0 aromatic heterocycles. The number of benzene rings is 1. The number of carbonyl (C=O) groups is 1. The van der Waals surface area contributed by atoms with Gasteiger partial charge in [-0.3, -0.25) is 9.69 Å². The van der Waals surface area contributed by atoms with Crippen LogP contribution in [0, 0.1) is 5.92 Å². The summed E-state index contributed by atoms with van der Waals surface area (Å²) in [6.07, 6.45) is -0.673. The molecule has 2 aliphatic rings. The molecule has 2 fully saturated rings. The highest BCUT2D eigenvalue weighted by Gasteiger charge is 2.48. The summed E-state index contributed by atoms with van der Waals surface area (Å²) < 4.78 is 38.8. The summed E-state index contributed by atoms with van der Waals surface area (Å²) in [5, 5.41) is 0. The summed E-state index contributed by atoms with van der Waals surface area (Å²) in [5.74, 6) is 0.883. The van der Waals surface area contributed by atoms with Crippen molar-refractivity contribution in [2.75, 3.05) is 10.7 Å². The van der Waals surface area contributed by atoms with Crippen molar-refractivity contribution in [3.05, 3.63) is 29.8 Å².